The maximum Gasteiger partial charge on any atom is 0.152 e. The van der Waals surface area contributed by atoms with Gasteiger partial charge in [-0.2, -0.15) is 5.10 Å². The van der Waals surface area contributed by atoms with Crippen LogP contribution in [0.25, 0.3) is 10.9 Å². The van der Waals surface area contributed by atoms with Crippen LogP contribution in [0.4, 0.5) is 14.5 Å². The summed E-state index contributed by atoms with van der Waals surface area (Å²) in [5.74, 6) is -0.637. The number of nitrogens with zero attached hydrogens (tertiary/aromatic N) is 4. The molecule has 0 unspecified atom stereocenters. The zero-order valence-corrected chi connectivity index (χ0v) is 10.6. The molecule has 7 heteroatoms. The van der Waals surface area contributed by atoms with Gasteiger partial charge in [0.25, 0.3) is 0 Å². The number of H-pyrrole nitrogens is 1. The minimum absolute atomic E-state index is 0.147. The van der Waals surface area contributed by atoms with Crippen LogP contribution in [0.1, 0.15) is 5.82 Å². The number of aromatic amines is 1. The van der Waals surface area contributed by atoms with Crippen LogP contribution in [0.15, 0.2) is 30.7 Å². The van der Waals surface area contributed by atoms with Gasteiger partial charge in [-0.05, 0) is 12.1 Å². The molecule has 0 saturated heterocycles. The van der Waals surface area contributed by atoms with Crippen molar-refractivity contribution < 1.29 is 8.78 Å². The van der Waals surface area contributed by atoms with Crippen LogP contribution in [0.3, 0.4) is 0 Å². The van der Waals surface area contributed by atoms with E-state index in [0.29, 0.717) is 23.4 Å². The first-order valence-electron chi connectivity index (χ1n) is 5.94. The summed E-state index contributed by atoms with van der Waals surface area (Å²) in [6.45, 7) is 0.442. The van der Waals surface area contributed by atoms with E-state index in [-0.39, 0.29) is 5.52 Å². The molecule has 1 N–H and O–H groups in total. The van der Waals surface area contributed by atoms with Crippen molar-refractivity contribution >= 4 is 16.6 Å². The van der Waals surface area contributed by atoms with Crippen molar-refractivity contribution in [2.75, 3.05) is 11.9 Å². The third-order valence-corrected chi connectivity index (χ3v) is 3.00. The molecule has 2 heterocycles. The molecule has 0 aliphatic carbocycles. The smallest absolute Gasteiger partial charge is 0.152 e. The Bertz CT molecular complexity index is 742. The highest BCUT2D eigenvalue weighted by Crippen LogP contribution is 2.27. The van der Waals surface area contributed by atoms with Crippen molar-refractivity contribution in [3.05, 3.63) is 48.2 Å². The summed E-state index contributed by atoms with van der Waals surface area (Å²) >= 11 is 0. The first-order valence-corrected chi connectivity index (χ1v) is 5.94. The van der Waals surface area contributed by atoms with Crippen molar-refractivity contribution in [3.63, 3.8) is 0 Å². The van der Waals surface area contributed by atoms with Gasteiger partial charge < -0.3 is 4.90 Å². The topological polar surface area (TPSA) is 57.7 Å². The van der Waals surface area contributed by atoms with Gasteiger partial charge in [0.05, 0.1) is 6.54 Å². The van der Waals surface area contributed by atoms with Crippen LogP contribution in [0.2, 0.25) is 0 Å². The maximum atomic E-state index is 13.7. The Morgan fingerprint density at radius 2 is 2.10 bits per heavy atom. The zero-order valence-electron chi connectivity index (χ0n) is 10.6. The monoisotopic (exact) mass is 275 g/mol. The standard InChI is InChI=1S/C13H11F2N5/c1-20(6-12-17-7-18-19-12)11-2-3-16-13-9(11)4-8(14)5-10(13)15/h2-5,7H,6H2,1H3,(H,17,18,19). The van der Waals surface area contributed by atoms with Crippen molar-refractivity contribution in [3.8, 4) is 0 Å². The van der Waals surface area contributed by atoms with Gasteiger partial charge in [0, 0.05) is 30.4 Å². The van der Waals surface area contributed by atoms with Crippen LogP contribution in [0.5, 0.6) is 0 Å². The van der Waals surface area contributed by atoms with Crippen LogP contribution >= 0.6 is 0 Å². The fourth-order valence-corrected chi connectivity index (χ4v) is 2.11. The van der Waals surface area contributed by atoms with Crippen LogP contribution in [-0.4, -0.2) is 27.2 Å². The molecule has 2 aromatic heterocycles. The van der Waals surface area contributed by atoms with Gasteiger partial charge in [-0.1, -0.05) is 0 Å². The van der Waals surface area contributed by atoms with E-state index < -0.39 is 11.6 Å². The van der Waals surface area contributed by atoms with Gasteiger partial charge in [-0.15, -0.1) is 0 Å². The molecular weight excluding hydrogens is 264 g/mol. The summed E-state index contributed by atoms with van der Waals surface area (Å²) < 4.78 is 27.1. The van der Waals surface area contributed by atoms with E-state index in [1.807, 2.05) is 4.90 Å². The normalized spacial score (nSPS) is 10.9. The lowest BCUT2D eigenvalue weighted by molar-refractivity contribution is 0.590. The van der Waals surface area contributed by atoms with Crippen molar-refractivity contribution in [1.29, 1.82) is 0 Å². The van der Waals surface area contributed by atoms with Gasteiger partial charge >= 0.3 is 0 Å². The second-order valence-electron chi connectivity index (χ2n) is 4.40. The number of aromatic nitrogens is 4. The molecule has 0 bridgehead atoms. The maximum absolute atomic E-state index is 13.7. The van der Waals surface area contributed by atoms with E-state index >= 15 is 0 Å². The molecule has 0 fully saturated rings. The number of nitrogens with one attached hydrogen (secondary N) is 1. The number of benzene rings is 1. The second kappa shape index (κ2) is 4.84. The minimum Gasteiger partial charge on any atom is -0.366 e. The largest absolute Gasteiger partial charge is 0.366 e. The van der Waals surface area contributed by atoms with Gasteiger partial charge in [0.2, 0.25) is 0 Å². The highest BCUT2D eigenvalue weighted by Gasteiger charge is 2.12. The average molecular weight is 275 g/mol. The van der Waals surface area contributed by atoms with E-state index in [2.05, 4.69) is 20.2 Å². The average Bonchev–Trinajstić information content (AvgIpc) is 2.90. The summed E-state index contributed by atoms with van der Waals surface area (Å²) in [4.78, 5) is 9.81. The van der Waals surface area contributed by atoms with E-state index in [4.69, 9.17) is 0 Å². The molecule has 0 spiro atoms. The zero-order chi connectivity index (χ0) is 14.1. The third kappa shape index (κ3) is 2.18. The molecular formula is C13H11F2N5. The highest BCUT2D eigenvalue weighted by molar-refractivity contribution is 5.91. The molecule has 5 nitrogen and oxygen atoms in total. The lowest BCUT2D eigenvalue weighted by atomic mass is 10.1. The summed E-state index contributed by atoms with van der Waals surface area (Å²) in [6.07, 6.45) is 2.91. The lowest BCUT2D eigenvalue weighted by Crippen LogP contribution is -2.18. The quantitative estimate of drug-likeness (QED) is 0.796. The van der Waals surface area contributed by atoms with Crippen LogP contribution in [0, 0.1) is 11.6 Å². The molecule has 3 rings (SSSR count). The Kier molecular flexibility index (Phi) is 3.02. The molecule has 0 atom stereocenters. The molecule has 0 saturated carbocycles. The molecule has 0 radical (unpaired) electrons. The number of rotatable bonds is 3. The summed E-state index contributed by atoms with van der Waals surface area (Å²) in [7, 11) is 1.81. The minimum atomic E-state index is -0.671. The van der Waals surface area contributed by atoms with Crippen molar-refractivity contribution in [2.24, 2.45) is 0 Å². The number of anilines is 1. The number of hydrogen-bond acceptors (Lipinski definition) is 4. The Hall–Kier alpha value is -2.57. The van der Waals surface area contributed by atoms with Gasteiger partial charge in [0.1, 0.15) is 23.5 Å². The molecule has 102 valence electrons. The van der Waals surface area contributed by atoms with Crippen molar-refractivity contribution in [2.45, 2.75) is 6.54 Å². The van der Waals surface area contributed by atoms with Crippen LogP contribution in [-0.2, 0) is 6.54 Å². The molecule has 20 heavy (non-hydrogen) atoms. The lowest BCUT2D eigenvalue weighted by Gasteiger charge is -2.19. The fraction of sp³-hybridized carbons (Fsp3) is 0.154. The Balaban J connectivity index is 2.06. The predicted octanol–water partition coefficient (Wildman–Crippen LogP) is 2.27. The number of fused-ring (bicyclic) bond motifs is 1. The van der Waals surface area contributed by atoms with Gasteiger partial charge in [-0.25, -0.2) is 13.8 Å². The Morgan fingerprint density at radius 1 is 1.25 bits per heavy atom. The van der Waals surface area contributed by atoms with E-state index in [0.717, 1.165) is 6.07 Å². The Morgan fingerprint density at radius 3 is 2.85 bits per heavy atom. The van der Waals surface area contributed by atoms with E-state index in [9.17, 15) is 8.78 Å². The summed E-state index contributed by atoms with van der Waals surface area (Å²) in [5, 5.41) is 6.93. The molecule has 0 aliphatic rings. The third-order valence-electron chi connectivity index (χ3n) is 3.00. The highest BCUT2D eigenvalue weighted by atomic mass is 19.1. The van der Waals surface area contributed by atoms with E-state index in [1.165, 1.54) is 18.6 Å². The van der Waals surface area contributed by atoms with E-state index in [1.54, 1.807) is 13.1 Å². The first-order chi connectivity index (χ1) is 9.65. The van der Waals surface area contributed by atoms with Crippen LogP contribution < -0.4 is 4.90 Å². The number of hydrogen-bond donors (Lipinski definition) is 1. The number of halogens is 2. The van der Waals surface area contributed by atoms with Crippen molar-refractivity contribution in [1.82, 2.24) is 20.2 Å². The molecule has 1 aromatic carbocycles. The predicted molar refractivity (Wildman–Crippen MR) is 70.1 cm³/mol. The number of pyridine rings is 1. The molecule has 0 aliphatic heterocycles. The SMILES string of the molecule is CN(Cc1ncn[nH]1)c1ccnc2c(F)cc(F)cc12. The first kappa shape index (κ1) is 12.5. The second-order valence-corrected chi connectivity index (χ2v) is 4.40. The van der Waals surface area contributed by atoms with Gasteiger partial charge in [0.15, 0.2) is 5.82 Å². The Labute approximate surface area is 113 Å². The summed E-state index contributed by atoms with van der Waals surface area (Å²) in [5.41, 5.74) is 0.818. The van der Waals surface area contributed by atoms with Gasteiger partial charge in [-0.3, -0.25) is 10.1 Å². The molecule has 3 aromatic rings. The summed E-state index contributed by atoms with van der Waals surface area (Å²) in [6, 6.07) is 3.81. The molecule has 0 amide bonds. The fourth-order valence-electron chi connectivity index (χ4n) is 2.11.